The number of alkyl halides is 1. The SMILES string of the molecule is COC(COC(Cc1cccc(C(=O)N(C)C)c1)(C(=O)O)C(=O)O)CC(F)n1cnc2c(N)nc(Cl)nc21. The highest BCUT2D eigenvalue weighted by atomic mass is 35.5. The van der Waals surface area contributed by atoms with Gasteiger partial charge in [0.05, 0.1) is 19.0 Å². The first-order chi connectivity index (χ1) is 17.9. The fraction of sp³-hybridized carbons (Fsp3) is 0.391. The van der Waals surface area contributed by atoms with Crippen LogP contribution in [-0.2, 0) is 25.5 Å². The number of nitrogens with zero attached hydrogens (tertiary/aromatic N) is 5. The third-order valence-electron chi connectivity index (χ3n) is 5.75. The van der Waals surface area contributed by atoms with Gasteiger partial charge in [0.25, 0.3) is 11.5 Å². The molecule has 3 rings (SSSR count). The number of aromatic nitrogens is 4. The Morgan fingerprint density at radius 1 is 1.24 bits per heavy atom. The number of hydrogen-bond acceptors (Lipinski definition) is 9. The van der Waals surface area contributed by atoms with Gasteiger partial charge in [0.15, 0.2) is 17.8 Å². The lowest BCUT2D eigenvalue weighted by molar-refractivity contribution is -0.188. The van der Waals surface area contributed by atoms with Crippen LogP contribution in [0.1, 0.15) is 28.6 Å². The van der Waals surface area contributed by atoms with Crippen LogP contribution in [0.5, 0.6) is 0 Å². The Labute approximate surface area is 220 Å². The Morgan fingerprint density at radius 3 is 2.53 bits per heavy atom. The summed E-state index contributed by atoms with van der Waals surface area (Å²) in [5.41, 5.74) is 3.64. The lowest BCUT2D eigenvalue weighted by Gasteiger charge is -2.28. The van der Waals surface area contributed by atoms with E-state index in [2.05, 4.69) is 15.0 Å². The van der Waals surface area contributed by atoms with Crippen molar-refractivity contribution < 1.29 is 38.5 Å². The number of aliphatic carboxylic acids is 2. The zero-order valence-corrected chi connectivity index (χ0v) is 21.4. The lowest BCUT2D eigenvalue weighted by Crippen LogP contribution is -2.52. The molecule has 0 aliphatic carbocycles. The Bertz CT molecular complexity index is 1340. The molecule has 0 saturated heterocycles. The molecule has 0 saturated carbocycles. The zero-order chi connectivity index (χ0) is 28.2. The Hall–Kier alpha value is -3.88. The standard InChI is InChI=1S/C23H26ClFN6O7/c1-30(2)19(32)13-6-4-5-12(7-13)9-23(20(33)34,21(35)36)38-10-14(37-3)8-15(25)31-11-27-16-17(26)28-22(24)29-18(16)31/h4-7,11,14-15H,8-10H2,1-3H3,(H,33,34)(H,35,36)(H2,26,28,29). The molecule has 0 radical (unpaired) electrons. The molecule has 204 valence electrons. The number of benzene rings is 1. The molecule has 0 spiro atoms. The summed E-state index contributed by atoms with van der Waals surface area (Å²) in [6, 6.07) is 5.89. The van der Waals surface area contributed by atoms with Crippen molar-refractivity contribution in [2.75, 3.05) is 33.5 Å². The van der Waals surface area contributed by atoms with Gasteiger partial charge in [-0.05, 0) is 29.3 Å². The second-order valence-electron chi connectivity index (χ2n) is 8.55. The number of carbonyl (C=O) groups excluding carboxylic acids is 1. The highest BCUT2D eigenvalue weighted by Gasteiger charge is 2.49. The van der Waals surface area contributed by atoms with Gasteiger partial charge >= 0.3 is 11.9 Å². The molecule has 2 heterocycles. The normalized spacial score (nSPS) is 13.3. The van der Waals surface area contributed by atoms with E-state index < -0.39 is 43.0 Å². The summed E-state index contributed by atoms with van der Waals surface area (Å²) in [7, 11) is 4.33. The molecule has 1 aromatic carbocycles. The van der Waals surface area contributed by atoms with Gasteiger partial charge < -0.3 is 30.3 Å². The molecule has 13 nitrogen and oxygen atoms in total. The number of fused-ring (bicyclic) bond motifs is 1. The summed E-state index contributed by atoms with van der Waals surface area (Å²) < 4.78 is 27.0. The number of nitrogen functional groups attached to an aromatic ring is 1. The van der Waals surface area contributed by atoms with Gasteiger partial charge in [-0.15, -0.1) is 0 Å². The van der Waals surface area contributed by atoms with E-state index in [0.717, 1.165) is 10.9 Å². The van der Waals surface area contributed by atoms with E-state index in [1.54, 1.807) is 14.1 Å². The summed E-state index contributed by atoms with van der Waals surface area (Å²) in [5.74, 6) is -3.94. The van der Waals surface area contributed by atoms with E-state index in [1.165, 1.54) is 36.3 Å². The fourth-order valence-electron chi connectivity index (χ4n) is 3.69. The molecular weight excluding hydrogens is 527 g/mol. The minimum atomic E-state index is -2.74. The predicted molar refractivity (Wildman–Crippen MR) is 132 cm³/mol. The van der Waals surface area contributed by atoms with Gasteiger partial charge in [-0.2, -0.15) is 9.97 Å². The van der Waals surface area contributed by atoms with Crippen molar-refractivity contribution in [2.45, 2.75) is 30.8 Å². The summed E-state index contributed by atoms with van der Waals surface area (Å²) in [6.07, 6.45) is -2.72. The first kappa shape index (κ1) is 28.7. The minimum absolute atomic E-state index is 0.0309. The summed E-state index contributed by atoms with van der Waals surface area (Å²) in [4.78, 5) is 49.6. The molecule has 1 amide bonds. The maximum Gasteiger partial charge on any atom is 0.348 e. The van der Waals surface area contributed by atoms with Crippen molar-refractivity contribution in [3.8, 4) is 0 Å². The smallest absolute Gasteiger partial charge is 0.348 e. The molecular formula is C23H26ClFN6O7. The number of anilines is 1. The highest BCUT2D eigenvalue weighted by Crippen LogP contribution is 2.27. The largest absolute Gasteiger partial charge is 0.479 e. The van der Waals surface area contributed by atoms with E-state index in [4.69, 9.17) is 26.8 Å². The zero-order valence-electron chi connectivity index (χ0n) is 20.7. The van der Waals surface area contributed by atoms with E-state index in [0.29, 0.717) is 0 Å². The van der Waals surface area contributed by atoms with Gasteiger partial charge in [-0.25, -0.2) is 19.0 Å². The van der Waals surface area contributed by atoms with Crippen molar-refractivity contribution >= 4 is 46.4 Å². The van der Waals surface area contributed by atoms with Crippen LogP contribution in [0.25, 0.3) is 11.2 Å². The van der Waals surface area contributed by atoms with Crippen LogP contribution in [0.4, 0.5) is 10.2 Å². The first-order valence-electron chi connectivity index (χ1n) is 11.1. The Balaban J connectivity index is 1.81. The van der Waals surface area contributed by atoms with E-state index in [9.17, 15) is 24.6 Å². The molecule has 2 unspecified atom stereocenters. The molecule has 15 heteroatoms. The number of hydrogen-bond donors (Lipinski definition) is 3. The van der Waals surface area contributed by atoms with Crippen molar-refractivity contribution in [3.05, 3.63) is 47.0 Å². The van der Waals surface area contributed by atoms with Gasteiger partial charge in [0, 0.05) is 39.6 Å². The van der Waals surface area contributed by atoms with Crippen LogP contribution in [0.2, 0.25) is 5.28 Å². The Morgan fingerprint density at radius 2 is 1.92 bits per heavy atom. The van der Waals surface area contributed by atoms with Gasteiger partial charge in [0.1, 0.15) is 5.52 Å². The minimum Gasteiger partial charge on any atom is -0.479 e. The van der Waals surface area contributed by atoms with Crippen LogP contribution in [-0.4, -0.2) is 92.0 Å². The second-order valence-corrected chi connectivity index (χ2v) is 8.89. The number of carboxylic acid groups (broad SMARTS) is 2. The second kappa shape index (κ2) is 11.7. The highest BCUT2D eigenvalue weighted by molar-refractivity contribution is 6.28. The topological polar surface area (TPSA) is 183 Å². The number of carbonyl (C=O) groups is 3. The van der Waals surface area contributed by atoms with Crippen LogP contribution < -0.4 is 5.73 Å². The first-order valence-corrected chi connectivity index (χ1v) is 11.5. The average molecular weight is 553 g/mol. The lowest BCUT2D eigenvalue weighted by atomic mass is 9.93. The van der Waals surface area contributed by atoms with Gasteiger partial charge in [-0.1, -0.05) is 12.1 Å². The molecule has 0 bridgehead atoms. The van der Waals surface area contributed by atoms with Crippen molar-refractivity contribution in [3.63, 3.8) is 0 Å². The third-order valence-corrected chi connectivity index (χ3v) is 5.92. The van der Waals surface area contributed by atoms with Crippen LogP contribution in [0, 0.1) is 0 Å². The number of nitrogens with two attached hydrogens (primary N) is 1. The molecule has 2 aromatic heterocycles. The van der Waals surface area contributed by atoms with Crippen LogP contribution in [0.3, 0.4) is 0 Å². The van der Waals surface area contributed by atoms with Crippen LogP contribution >= 0.6 is 11.6 Å². The quantitative estimate of drug-likeness (QED) is 0.220. The average Bonchev–Trinajstić information content (AvgIpc) is 3.29. The summed E-state index contributed by atoms with van der Waals surface area (Å²) in [6.45, 7) is -0.587. The Kier molecular flexibility index (Phi) is 8.81. The third kappa shape index (κ3) is 5.98. The number of halogens is 2. The number of imidazole rings is 1. The number of amides is 1. The molecule has 0 aliphatic rings. The molecule has 0 fully saturated rings. The molecule has 2 atom stereocenters. The fourth-order valence-corrected chi connectivity index (χ4v) is 3.86. The number of methoxy groups -OCH3 is 1. The monoisotopic (exact) mass is 552 g/mol. The van der Waals surface area contributed by atoms with Crippen molar-refractivity contribution in [1.82, 2.24) is 24.4 Å². The maximum atomic E-state index is 15.2. The number of ether oxygens (including phenoxy) is 2. The van der Waals surface area contributed by atoms with E-state index in [-0.39, 0.29) is 45.7 Å². The molecule has 4 N–H and O–H groups in total. The maximum absolute atomic E-state index is 15.2. The van der Waals surface area contributed by atoms with E-state index >= 15 is 4.39 Å². The van der Waals surface area contributed by atoms with Crippen molar-refractivity contribution in [2.24, 2.45) is 0 Å². The number of rotatable bonds is 12. The summed E-state index contributed by atoms with van der Waals surface area (Å²) in [5, 5.41) is 19.5. The molecule has 3 aromatic rings. The number of carboxylic acids is 2. The predicted octanol–water partition coefficient (Wildman–Crippen LogP) is 1.80. The van der Waals surface area contributed by atoms with E-state index in [1.807, 2.05) is 0 Å². The van der Waals surface area contributed by atoms with Gasteiger partial charge in [-0.3, -0.25) is 9.36 Å². The summed E-state index contributed by atoms with van der Waals surface area (Å²) >= 11 is 5.82. The van der Waals surface area contributed by atoms with Crippen LogP contribution in [0.15, 0.2) is 30.6 Å². The van der Waals surface area contributed by atoms with Crippen molar-refractivity contribution in [1.29, 1.82) is 0 Å². The molecule has 0 aliphatic heterocycles. The molecule has 38 heavy (non-hydrogen) atoms. The van der Waals surface area contributed by atoms with Gasteiger partial charge in [0.2, 0.25) is 5.28 Å².